The summed E-state index contributed by atoms with van der Waals surface area (Å²) in [5, 5.41) is 3.76. The number of carbonyl (C=O) groups excluding carboxylic acids is 1. The SMILES string of the molecule is CCCCCc1nc(C)sc1Cc1ccc(NC(=O)c2ccccc2S(=O)(=O)O)cc1. The molecule has 0 fully saturated rings. The maximum absolute atomic E-state index is 12.5. The van der Waals surface area contributed by atoms with Crippen molar-refractivity contribution in [2.75, 3.05) is 5.32 Å². The lowest BCUT2D eigenvalue weighted by Crippen LogP contribution is -2.16. The zero-order valence-electron chi connectivity index (χ0n) is 17.6. The molecule has 1 aromatic heterocycles. The van der Waals surface area contributed by atoms with Crippen molar-refractivity contribution in [2.24, 2.45) is 0 Å². The topological polar surface area (TPSA) is 96.4 Å². The fourth-order valence-electron chi connectivity index (χ4n) is 3.36. The molecule has 0 saturated heterocycles. The van der Waals surface area contributed by atoms with Gasteiger partial charge in [-0.3, -0.25) is 9.35 Å². The Labute approximate surface area is 187 Å². The molecule has 0 aliphatic carbocycles. The minimum Gasteiger partial charge on any atom is -0.322 e. The first kappa shape index (κ1) is 23.1. The Bertz CT molecular complexity index is 1150. The van der Waals surface area contributed by atoms with Gasteiger partial charge >= 0.3 is 0 Å². The summed E-state index contributed by atoms with van der Waals surface area (Å²) in [6.45, 7) is 4.22. The van der Waals surface area contributed by atoms with Gasteiger partial charge in [0, 0.05) is 17.0 Å². The van der Waals surface area contributed by atoms with E-state index in [2.05, 4.69) is 17.2 Å². The minimum atomic E-state index is -4.49. The van der Waals surface area contributed by atoms with Crippen LogP contribution in [0.1, 0.15) is 57.7 Å². The number of hydrogen-bond donors (Lipinski definition) is 2. The lowest BCUT2D eigenvalue weighted by molar-refractivity contribution is 0.102. The Morgan fingerprint density at radius 2 is 1.81 bits per heavy atom. The summed E-state index contributed by atoms with van der Waals surface area (Å²) in [6.07, 6.45) is 5.30. The molecule has 0 aliphatic rings. The predicted molar refractivity (Wildman–Crippen MR) is 124 cm³/mol. The highest BCUT2D eigenvalue weighted by atomic mass is 32.2. The van der Waals surface area contributed by atoms with Crippen LogP contribution < -0.4 is 5.32 Å². The summed E-state index contributed by atoms with van der Waals surface area (Å²) in [5.41, 5.74) is 2.72. The molecule has 164 valence electrons. The van der Waals surface area contributed by atoms with Gasteiger partial charge < -0.3 is 5.32 Å². The van der Waals surface area contributed by atoms with Crippen LogP contribution in [0.5, 0.6) is 0 Å². The maximum atomic E-state index is 12.5. The fraction of sp³-hybridized carbons (Fsp3) is 0.304. The van der Waals surface area contributed by atoms with Crippen LogP contribution >= 0.6 is 11.3 Å². The van der Waals surface area contributed by atoms with E-state index < -0.39 is 20.9 Å². The number of thiazole rings is 1. The van der Waals surface area contributed by atoms with E-state index in [0.717, 1.165) is 29.8 Å². The van der Waals surface area contributed by atoms with Crippen LogP contribution in [0.3, 0.4) is 0 Å². The highest BCUT2D eigenvalue weighted by molar-refractivity contribution is 7.86. The third-order valence-corrected chi connectivity index (χ3v) is 6.81. The molecule has 3 aromatic rings. The highest BCUT2D eigenvalue weighted by Crippen LogP contribution is 2.24. The highest BCUT2D eigenvalue weighted by Gasteiger charge is 2.20. The summed E-state index contributed by atoms with van der Waals surface area (Å²) in [5.74, 6) is -0.600. The van der Waals surface area contributed by atoms with E-state index in [1.165, 1.54) is 41.6 Å². The minimum absolute atomic E-state index is 0.106. The van der Waals surface area contributed by atoms with Crippen molar-refractivity contribution in [3.8, 4) is 0 Å². The van der Waals surface area contributed by atoms with Crippen molar-refractivity contribution >= 4 is 33.0 Å². The molecule has 0 atom stereocenters. The van der Waals surface area contributed by atoms with Gasteiger partial charge in [-0.25, -0.2) is 4.98 Å². The van der Waals surface area contributed by atoms with Crippen molar-refractivity contribution in [3.63, 3.8) is 0 Å². The second-order valence-electron chi connectivity index (χ2n) is 7.36. The van der Waals surface area contributed by atoms with Crippen LogP contribution in [0.25, 0.3) is 0 Å². The molecule has 2 N–H and O–H groups in total. The average molecular weight is 459 g/mol. The lowest BCUT2D eigenvalue weighted by atomic mass is 10.1. The van der Waals surface area contributed by atoms with Gasteiger partial charge in [0.25, 0.3) is 16.0 Å². The number of anilines is 1. The van der Waals surface area contributed by atoms with E-state index in [1.54, 1.807) is 29.5 Å². The number of aryl methyl sites for hydroxylation is 2. The molecular formula is C23H26N2O4S2. The first-order valence-electron chi connectivity index (χ1n) is 10.2. The summed E-state index contributed by atoms with van der Waals surface area (Å²) in [6, 6.07) is 13.0. The molecule has 1 amide bonds. The summed E-state index contributed by atoms with van der Waals surface area (Å²) >= 11 is 1.72. The number of rotatable bonds is 9. The second kappa shape index (κ2) is 10.2. The second-order valence-corrected chi connectivity index (χ2v) is 10.0. The lowest BCUT2D eigenvalue weighted by Gasteiger charge is -2.09. The molecule has 8 heteroatoms. The molecule has 0 unspecified atom stereocenters. The smallest absolute Gasteiger partial charge is 0.295 e. The number of aromatic nitrogens is 1. The molecule has 1 heterocycles. The number of hydrogen-bond acceptors (Lipinski definition) is 5. The molecule has 0 aliphatic heterocycles. The van der Waals surface area contributed by atoms with E-state index in [-0.39, 0.29) is 5.56 Å². The Balaban J connectivity index is 1.70. The number of amides is 1. The summed E-state index contributed by atoms with van der Waals surface area (Å²) < 4.78 is 32.4. The Morgan fingerprint density at radius 1 is 1.10 bits per heavy atom. The predicted octanol–water partition coefficient (Wildman–Crippen LogP) is 5.27. The van der Waals surface area contributed by atoms with Crippen molar-refractivity contribution in [2.45, 2.75) is 50.8 Å². The molecule has 6 nitrogen and oxygen atoms in total. The monoisotopic (exact) mass is 458 g/mol. The van der Waals surface area contributed by atoms with Crippen molar-refractivity contribution in [3.05, 3.63) is 75.2 Å². The van der Waals surface area contributed by atoms with Crippen LogP contribution in [0.4, 0.5) is 5.69 Å². The molecule has 0 radical (unpaired) electrons. The molecule has 31 heavy (non-hydrogen) atoms. The third-order valence-electron chi connectivity index (χ3n) is 4.89. The van der Waals surface area contributed by atoms with Gasteiger partial charge in [-0.2, -0.15) is 8.42 Å². The van der Waals surface area contributed by atoms with E-state index >= 15 is 0 Å². The molecule has 0 spiro atoms. The van der Waals surface area contributed by atoms with Gasteiger partial charge in [0.05, 0.1) is 16.3 Å². The van der Waals surface area contributed by atoms with Crippen molar-refractivity contribution < 1.29 is 17.8 Å². The molecule has 0 bridgehead atoms. The largest absolute Gasteiger partial charge is 0.322 e. The zero-order valence-corrected chi connectivity index (χ0v) is 19.2. The number of carbonyl (C=O) groups is 1. The van der Waals surface area contributed by atoms with Gasteiger partial charge in [-0.15, -0.1) is 11.3 Å². The van der Waals surface area contributed by atoms with Crippen LogP contribution in [-0.2, 0) is 23.0 Å². The Kier molecular flexibility index (Phi) is 7.59. The van der Waals surface area contributed by atoms with Gasteiger partial charge in [-0.1, -0.05) is 44.0 Å². The molecular weight excluding hydrogens is 432 g/mol. The van der Waals surface area contributed by atoms with Crippen molar-refractivity contribution in [1.29, 1.82) is 0 Å². The van der Waals surface area contributed by atoms with Crippen LogP contribution in [0, 0.1) is 6.92 Å². The zero-order chi connectivity index (χ0) is 22.4. The Morgan fingerprint density at radius 3 is 2.48 bits per heavy atom. The fourth-order valence-corrected chi connectivity index (χ4v) is 5.06. The number of benzene rings is 2. The first-order chi connectivity index (χ1) is 14.8. The third kappa shape index (κ3) is 6.22. The number of unbranched alkanes of at least 4 members (excludes halogenated alkanes) is 2. The first-order valence-corrected chi connectivity index (χ1v) is 12.5. The van der Waals surface area contributed by atoms with E-state index in [1.807, 2.05) is 19.1 Å². The maximum Gasteiger partial charge on any atom is 0.295 e. The quantitative estimate of drug-likeness (QED) is 0.336. The molecule has 0 saturated carbocycles. The molecule has 3 rings (SSSR count). The van der Waals surface area contributed by atoms with Gasteiger partial charge in [0.1, 0.15) is 4.90 Å². The van der Waals surface area contributed by atoms with Crippen molar-refractivity contribution in [1.82, 2.24) is 4.98 Å². The number of nitrogens with zero attached hydrogens (tertiary/aromatic N) is 1. The number of nitrogens with one attached hydrogen (secondary N) is 1. The Hall–Kier alpha value is -2.55. The van der Waals surface area contributed by atoms with E-state index in [9.17, 15) is 17.8 Å². The normalized spacial score (nSPS) is 11.5. The molecule has 2 aromatic carbocycles. The summed E-state index contributed by atoms with van der Waals surface area (Å²) in [7, 11) is -4.49. The van der Waals surface area contributed by atoms with E-state index in [0.29, 0.717) is 5.69 Å². The van der Waals surface area contributed by atoms with Crippen LogP contribution in [0.15, 0.2) is 53.4 Å². The average Bonchev–Trinajstić information content (AvgIpc) is 3.08. The van der Waals surface area contributed by atoms with Gasteiger partial charge in [0.2, 0.25) is 0 Å². The van der Waals surface area contributed by atoms with Crippen LogP contribution in [-0.4, -0.2) is 23.9 Å². The van der Waals surface area contributed by atoms with E-state index in [4.69, 9.17) is 0 Å². The standard InChI is InChI=1S/C23H26N2O4S2/c1-3-4-5-9-20-21(30-16(2)24-20)15-17-11-13-18(14-12-17)25-23(26)19-8-6-7-10-22(19)31(27,28)29/h6-8,10-14H,3-5,9,15H2,1-2H3,(H,25,26)(H,27,28,29). The van der Waals surface area contributed by atoms with Gasteiger partial charge in [-0.05, 0) is 49.6 Å². The van der Waals surface area contributed by atoms with Gasteiger partial charge in [0.15, 0.2) is 0 Å². The van der Waals surface area contributed by atoms with Crippen LogP contribution in [0.2, 0.25) is 0 Å². The summed E-state index contributed by atoms with van der Waals surface area (Å²) in [4.78, 5) is 18.1.